The Kier molecular flexibility index (Phi) is 29.0. The van der Waals surface area contributed by atoms with Crippen molar-refractivity contribution in [1.29, 1.82) is 0 Å². The van der Waals surface area contributed by atoms with Crippen LogP contribution in [0.15, 0.2) is 30.5 Å². The number of hydrogen-bond donors (Lipinski definition) is 18. The number of aliphatic hydroxyl groups excluding tert-OH is 2. The molecule has 2 aromatic rings. The quantitative estimate of drug-likeness (QED) is 0.0228. The zero-order valence-electron chi connectivity index (χ0n) is 46.1. The lowest BCUT2D eigenvalue weighted by molar-refractivity contribution is -0.142. The van der Waals surface area contributed by atoms with Crippen LogP contribution in [0.3, 0.4) is 0 Å². The third-order valence-corrected chi connectivity index (χ3v) is 13.9. The van der Waals surface area contributed by atoms with Gasteiger partial charge in [0, 0.05) is 48.0 Å². The number of nitrogens with two attached hydrogens (primary N) is 2. The molecule has 0 spiro atoms. The number of hydrogen-bond acceptors (Lipinski definition) is 18. The topological polar surface area (TPSA) is 465 Å². The second-order valence-corrected chi connectivity index (χ2v) is 20.9. The maximum absolute atomic E-state index is 14.5. The highest BCUT2D eigenvalue weighted by Crippen LogP contribution is 2.21. The van der Waals surface area contributed by atoms with Crippen LogP contribution in [-0.4, -0.2) is 206 Å². The highest BCUT2D eigenvalue weighted by atomic mass is 32.1. The number of likely N-dealkylation sites (tertiary alicyclic amines) is 1. The summed E-state index contributed by atoms with van der Waals surface area (Å²) in [6, 6.07) is -7.23. The Morgan fingerprint density at radius 2 is 1.27 bits per heavy atom. The van der Waals surface area contributed by atoms with Crippen LogP contribution in [0.1, 0.15) is 84.6 Å². The number of aromatic amines is 1. The van der Waals surface area contributed by atoms with Crippen molar-refractivity contribution in [3.63, 3.8) is 0 Å². The Labute approximate surface area is 484 Å². The third-order valence-electron chi connectivity index (χ3n) is 13.1. The van der Waals surface area contributed by atoms with Crippen LogP contribution in [-0.2, 0) is 64.0 Å². The predicted molar refractivity (Wildman–Crippen MR) is 302 cm³/mol. The number of nitrogens with one attached hydrogen (secondary N) is 10. The van der Waals surface area contributed by atoms with E-state index in [1.54, 1.807) is 44.3 Å². The van der Waals surface area contributed by atoms with Crippen LogP contribution in [0, 0.1) is 5.92 Å². The molecule has 1 aromatic carbocycles. The smallest absolute Gasteiger partial charge is 0.322 e. The molecule has 1 fully saturated rings. The molecule has 10 amide bonds. The predicted octanol–water partition coefficient (Wildman–Crippen LogP) is -4.60. The molecule has 0 aliphatic carbocycles. The second kappa shape index (κ2) is 34.4. The number of fused-ring (bicyclic) bond motifs is 1. The van der Waals surface area contributed by atoms with Crippen LogP contribution in [0.25, 0.3) is 10.9 Å². The van der Waals surface area contributed by atoms with E-state index >= 15 is 0 Å². The molecular weight excluding hydrogens is 1110 g/mol. The van der Waals surface area contributed by atoms with Crippen LogP contribution < -0.4 is 59.3 Å². The van der Waals surface area contributed by atoms with Gasteiger partial charge in [0.2, 0.25) is 59.1 Å². The van der Waals surface area contributed by atoms with Crippen molar-refractivity contribution in [3.05, 3.63) is 36.0 Å². The van der Waals surface area contributed by atoms with Crippen molar-refractivity contribution in [1.82, 2.24) is 57.7 Å². The Hall–Kier alpha value is -7.06. The molecule has 18 N–H and O–H groups in total. The van der Waals surface area contributed by atoms with Gasteiger partial charge in [-0.1, -0.05) is 32.0 Å². The molecule has 1 aliphatic heterocycles. The fourth-order valence-corrected chi connectivity index (χ4v) is 9.12. The molecule has 456 valence electrons. The molecule has 31 heteroatoms. The first-order valence-electron chi connectivity index (χ1n) is 26.7. The van der Waals surface area contributed by atoms with Crippen molar-refractivity contribution in [2.45, 2.75) is 152 Å². The van der Waals surface area contributed by atoms with Gasteiger partial charge in [0.15, 0.2) is 0 Å². The van der Waals surface area contributed by atoms with Gasteiger partial charge in [-0.15, -0.1) is 0 Å². The molecule has 82 heavy (non-hydrogen) atoms. The number of aliphatic hydroxyl groups is 2. The van der Waals surface area contributed by atoms with E-state index in [1.807, 2.05) is 0 Å². The van der Waals surface area contributed by atoms with E-state index in [0.717, 1.165) is 11.8 Å². The SMILES string of the molecule is CC(C)C[C@H](NC(=O)[C@H](Cc1c[nH]c2ccccc12)NC(=O)[C@H](CCC(=O)O)NC(=O)[C@H](CCCCN)NC(=O)[C@@H](N)CS)C(=O)N[C@@H](CO)C(=O)N[C@H](C(=O)N[C@@H](C)C(=O)N1CCC[C@H]1C(=O)N[C@@H](CS)C(=O)NCC(=O)O)[C@@H](C)O. The van der Waals surface area contributed by atoms with E-state index in [2.05, 4.69) is 78.1 Å². The van der Waals surface area contributed by atoms with E-state index in [1.165, 1.54) is 6.92 Å². The number of para-hydroxylation sites is 1. The Morgan fingerprint density at radius 1 is 0.683 bits per heavy atom. The van der Waals surface area contributed by atoms with Crippen molar-refractivity contribution in [3.8, 4) is 0 Å². The monoisotopic (exact) mass is 1190 g/mol. The summed E-state index contributed by atoms with van der Waals surface area (Å²) in [4.78, 5) is 163. The van der Waals surface area contributed by atoms with Gasteiger partial charge < -0.3 is 89.6 Å². The number of carboxylic acids is 2. The number of aromatic nitrogens is 1. The van der Waals surface area contributed by atoms with E-state index in [9.17, 15) is 72.9 Å². The number of H-pyrrole nitrogens is 1. The standard InChI is InChI=1S/C51H79N13O16S2/c1-25(2)18-34(46(75)61-36(22-65)48(77)63-41(27(4)66)50(79)56-26(3)51(80)64-17-9-13-38(64)49(78)62-37(24-82)43(72)55-21-40(69)70)59-47(76)35(19-28-20-54-31-11-6-5-10-29(28)31)60-45(74)33(14-15-39(67)68)58-44(73)32(12-7-8-16-52)57-42(71)30(53)23-81/h5-6,10-11,20,25-27,30,32-38,41,54,65-66,81-82H,7-9,12-19,21-24,52-53H2,1-4H3,(H,55,72)(H,56,79)(H,57,71)(H,58,73)(H,59,76)(H,60,74)(H,61,75)(H,62,78)(H,63,77)(H,67,68)(H,69,70)/t26-,27+,30-,32-,33-,34-,35-,36-,37-,38-,41-/m0/s1. The summed E-state index contributed by atoms with van der Waals surface area (Å²) in [5, 5.41) is 62.1. The summed E-state index contributed by atoms with van der Waals surface area (Å²) >= 11 is 8.10. The number of nitrogens with zero attached hydrogens (tertiary/aromatic N) is 1. The van der Waals surface area contributed by atoms with E-state index in [4.69, 9.17) is 16.6 Å². The maximum atomic E-state index is 14.5. The first-order chi connectivity index (χ1) is 38.8. The number of carboxylic acid groups (broad SMARTS) is 2. The van der Waals surface area contributed by atoms with Crippen molar-refractivity contribution < 1.29 is 78.0 Å². The number of aliphatic carboxylic acids is 2. The van der Waals surface area contributed by atoms with Crippen LogP contribution >= 0.6 is 25.3 Å². The number of amides is 10. The fourth-order valence-electron chi connectivity index (χ4n) is 8.70. The number of carbonyl (C=O) groups excluding carboxylic acids is 10. The lowest BCUT2D eigenvalue weighted by Gasteiger charge is -2.30. The summed E-state index contributed by atoms with van der Waals surface area (Å²) in [5.74, 6) is -12.3. The molecule has 1 aromatic heterocycles. The number of unbranched alkanes of at least 4 members (excludes halogenated alkanes) is 1. The minimum absolute atomic E-state index is 0.0559. The Bertz CT molecular complexity index is 2570. The molecule has 0 bridgehead atoms. The van der Waals surface area contributed by atoms with Gasteiger partial charge in [-0.25, -0.2) is 0 Å². The van der Waals surface area contributed by atoms with Gasteiger partial charge in [-0.2, -0.15) is 25.3 Å². The number of carbonyl (C=O) groups is 12. The normalized spacial score (nSPS) is 16.8. The largest absolute Gasteiger partial charge is 0.481 e. The molecular formula is C51H79N13O16S2. The molecule has 11 atom stereocenters. The van der Waals surface area contributed by atoms with Gasteiger partial charge in [0.05, 0.1) is 18.8 Å². The Balaban J connectivity index is 1.84. The molecule has 29 nitrogen and oxygen atoms in total. The van der Waals surface area contributed by atoms with Crippen molar-refractivity contribution >= 4 is 107 Å². The summed E-state index contributed by atoms with van der Waals surface area (Å²) in [7, 11) is 0. The molecule has 0 unspecified atom stereocenters. The van der Waals surface area contributed by atoms with Crippen LogP contribution in [0.2, 0.25) is 0 Å². The molecule has 1 aliphatic rings. The molecule has 2 heterocycles. The highest BCUT2D eigenvalue weighted by molar-refractivity contribution is 7.80. The summed E-state index contributed by atoms with van der Waals surface area (Å²) in [5.41, 5.74) is 12.7. The minimum atomic E-state index is -1.82. The average Bonchev–Trinajstić information content (AvgIpc) is 4.22. The minimum Gasteiger partial charge on any atom is -0.481 e. The van der Waals surface area contributed by atoms with Crippen molar-refractivity contribution in [2.75, 3.05) is 37.7 Å². The van der Waals surface area contributed by atoms with Gasteiger partial charge >= 0.3 is 11.9 Å². The molecule has 0 saturated carbocycles. The maximum Gasteiger partial charge on any atom is 0.322 e. The number of benzene rings is 1. The van der Waals surface area contributed by atoms with E-state index in [0.29, 0.717) is 35.7 Å². The van der Waals surface area contributed by atoms with Crippen LogP contribution in [0.4, 0.5) is 0 Å². The summed E-state index contributed by atoms with van der Waals surface area (Å²) < 4.78 is 0. The third kappa shape index (κ3) is 21.7. The highest BCUT2D eigenvalue weighted by Gasteiger charge is 2.40. The molecule has 0 radical (unpaired) electrons. The summed E-state index contributed by atoms with van der Waals surface area (Å²) in [6.07, 6.45) is 0.00283. The zero-order chi connectivity index (χ0) is 61.4. The lowest BCUT2D eigenvalue weighted by Crippen LogP contribution is -2.62. The molecule has 3 rings (SSSR count). The number of thiol groups is 2. The van der Waals surface area contributed by atoms with Gasteiger partial charge in [0.25, 0.3) is 0 Å². The first kappa shape index (κ1) is 69.2. The van der Waals surface area contributed by atoms with Crippen LogP contribution in [0.5, 0.6) is 0 Å². The molecule has 1 saturated heterocycles. The second-order valence-electron chi connectivity index (χ2n) is 20.2. The average molecular weight is 1190 g/mol. The first-order valence-corrected chi connectivity index (χ1v) is 28.0. The number of rotatable bonds is 35. The van der Waals surface area contributed by atoms with Gasteiger partial charge in [-0.3, -0.25) is 57.5 Å². The van der Waals surface area contributed by atoms with Gasteiger partial charge in [0.1, 0.15) is 60.9 Å². The van der Waals surface area contributed by atoms with Gasteiger partial charge in [-0.05, 0) is 82.9 Å². The fraction of sp³-hybridized carbons (Fsp3) is 0.608. The zero-order valence-corrected chi connectivity index (χ0v) is 47.9. The Morgan fingerprint density at radius 3 is 1.87 bits per heavy atom. The van der Waals surface area contributed by atoms with Crippen molar-refractivity contribution in [2.24, 2.45) is 17.4 Å². The lowest BCUT2D eigenvalue weighted by atomic mass is 10.00. The van der Waals surface area contributed by atoms with E-state index in [-0.39, 0.29) is 56.2 Å². The summed E-state index contributed by atoms with van der Waals surface area (Å²) in [6.45, 7) is 4.41. The van der Waals surface area contributed by atoms with E-state index < -0.39 is 164 Å².